The number of rotatable bonds is 5. The fourth-order valence-corrected chi connectivity index (χ4v) is 1.80. The Bertz CT molecular complexity index is 405. The van der Waals surface area contributed by atoms with Crippen LogP contribution >= 0.6 is 11.6 Å². The van der Waals surface area contributed by atoms with Crippen LogP contribution in [-0.4, -0.2) is 11.5 Å². The van der Waals surface area contributed by atoms with Crippen LogP contribution in [0, 0.1) is 16.0 Å². The molecule has 0 radical (unpaired) electrons. The molecule has 16 heavy (non-hydrogen) atoms. The molecule has 0 atom stereocenters. The van der Waals surface area contributed by atoms with Gasteiger partial charge >= 0.3 is 0 Å². The maximum absolute atomic E-state index is 10.8. The first kappa shape index (κ1) is 11.4. The van der Waals surface area contributed by atoms with Crippen molar-refractivity contribution < 1.29 is 4.92 Å². The van der Waals surface area contributed by atoms with Crippen molar-refractivity contribution in [1.29, 1.82) is 0 Å². The monoisotopic (exact) mass is 240 g/mol. The van der Waals surface area contributed by atoms with E-state index in [0.717, 1.165) is 12.5 Å². The third kappa shape index (κ3) is 2.93. The lowest BCUT2D eigenvalue weighted by molar-refractivity contribution is -0.385. The molecule has 2 rings (SSSR count). The maximum atomic E-state index is 10.8. The molecule has 0 amide bonds. The number of halogens is 1. The molecule has 5 heteroatoms. The standard InChI is InChI=1S/C11H13ClN2O2/c12-10-3-4-11(14(15)16)9(5-10)7-13-6-8-1-2-8/h3-5,8,13H,1-2,6-7H2. The summed E-state index contributed by atoms with van der Waals surface area (Å²) in [7, 11) is 0. The summed E-state index contributed by atoms with van der Waals surface area (Å²) >= 11 is 5.82. The van der Waals surface area contributed by atoms with Gasteiger partial charge in [0.05, 0.1) is 4.92 Å². The van der Waals surface area contributed by atoms with Gasteiger partial charge in [0.2, 0.25) is 0 Å². The zero-order chi connectivity index (χ0) is 11.5. The number of nitrogens with one attached hydrogen (secondary N) is 1. The highest BCUT2D eigenvalue weighted by molar-refractivity contribution is 6.30. The highest BCUT2D eigenvalue weighted by Crippen LogP contribution is 2.28. The normalized spacial score (nSPS) is 15.1. The predicted molar refractivity (Wildman–Crippen MR) is 62.5 cm³/mol. The summed E-state index contributed by atoms with van der Waals surface area (Å²) in [6.07, 6.45) is 2.54. The third-order valence-electron chi connectivity index (χ3n) is 2.68. The van der Waals surface area contributed by atoms with E-state index in [4.69, 9.17) is 11.6 Å². The van der Waals surface area contributed by atoms with Crippen molar-refractivity contribution in [2.75, 3.05) is 6.54 Å². The van der Waals surface area contributed by atoms with Gasteiger partial charge in [-0.1, -0.05) is 11.6 Å². The minimum atomic E-state index is -0.371. The Morgan fingerprint density at radius 3 is 2.88 bits per heavy atom. The van der Waals surface area contributed by atoms with E-state index in [-0.39, 0.29) is 10.6 Å². The molecule has 1 saturated carbocycles. The van der Waals surface area contributed by atoms with E-state index in [0.29, 0.717) is 17.1 Å². The van der Waals surface area contributed by atoms with Gasteiger partial charge in [0.1, 0.15) is 0 Å². The molecule has 0 bridgehead atoms. The minimum absolute atomic E-state index is 0.132. The molecule has 1 aromatic rings. The number of nitro groups is 1. The quantitative estimate of drug-likeness (QED) is 0.636. The number of hydrogen-bond acceptors (Lipinski definition) is 3. The van der Waals surface area contributed by atoms with Gasteiger partial charge < -0.3 is 5.32 Å². The van der Waals surface area contributed by atoms with E-state index in [1.54, 1.807) is 12.1 Å². The molecular formula is C11H13ClN2O2. The van der Waals surface area contributed by atoms with Crippen molar-refractivity contribution in [2.24, 2.45) is 5.92 Å². The van der Waals surface area contributed by atoms with E-state index >= 15 is 0 Å². The summed E-state index contributed by atoms with van der Waals surface area (Å²) in [6, 6.07) is 4.65. The van der Waals surface area contributed by atoms with E-state index < -0.39 is 0 Å². The third-order valence-corrected chi connectivity index (χ3v) is 2.92. The first-order valence-electron chi connectivity index (χ1n) is 5.30. The number of hydrogen-bond donors (Lipinski definition) is 1. The zero-order valence-corrected chi connectivity index (χ0v) is 9.54. The summed E-state index contributed by atoms with van der Waals surface area (Å²) in [5.41, 5.74) is 0.783. The summed E-state index contributed by atoms with van der Waals surface area (Å²) in [6.45, 7) is 1.44. The Hall–Kier alpha value is -1.13. The van der Waals surface area contributed by atoms with Crippen molar-refractivity contribution in [3.8, 4) is 0 Å². The van der Waals surface area contributed by atoms with E-state index in [2.05, 4.69) is 5.32 Å². The lowest BCUT2D eigenvalue weighted by atomic mass is 10.2. The van der Waals surface area contributed by atoms with E-state index in [1.165, 1.54) is 18.9 Å². The van der Waals surface area contributed by atoms with Crippen LogP contribution < -0.4 is 5.32 Å². The van der Waals surface area contributed by atoms with Crippen LogP contribution in [0.15, 0.2) is 18.2 Å². The van der Waals surface area contributed by atoms with Crippen molar-refractivity contribution in [3.05, 3.63) is 38.9 Å². The predicted octanol–water partition coefficient (Wildman–Crippen LogP) is 2.75. The Morgan fingerprint density at radius 1 is 1.50 bits per heavy atom. The lowest BCUT2D eigenvalue weighted by Gasteiger charge is -2.05. The Labute approximate surface area is 98.8 Å². The van der Waals surface area contributed by atoms with Crippen LogP contribution in [0.25, 0.3) is 0 Å². The van der Waals surface area contributed by atoms with Crippen LogP contribution in [0.3, 0.4) is 0 Å². The topological polar surface area (TPSA) is 55.2 Å². The molecule has 1 aliphatic rings. The smallest absolute Gasteiger partial charge is 0.273 e. The molecule has 1 aliphatic carbocycles. The van der Waals surface area contributed by atoms with Crippen LogP contribution in [0.5, 0.6) is 0 Å². The molecule has 1 fully saturated rings. The summed E-state index contributed by atoms with van der Waals surface area (Å²) in [5, 5.41) is 14.5. The summed E-state index contributed by atoms with van der Waals surface area (Å²) < 4.78 is 0. The van der Waals surface area contributed by atoms with Crippen LogP contribution in [0.1, 0.15) is 18.4 Å². The Kier molecular flexibility index (Phi) is 3.41. The van der Waals surface area contributed by atoms with Crippen molar-refractivity contribution in [3.63, 3.8) is 0 Å². The zero-order valence-electron chi connectivity index (χ0n) is 8.78. The summed E-state index contributed by atoms with van der Waals surface area (Å²) in [5.74, 6) is 0.762. The molecule has 0 spiro atoms. The highest BCUT2D eigenvalue weighted by atomic mass is 35.5. The molecule has 4 nitrogen and oxygen atoms in total. The van der Waals surface area contributed by atoms with Gasteiger partial charge in [-0.3, -0.25) is 10.1 Å². The Morgan fingerprint density at radius 2 is 2.25 bits per heavy atom. The molecule has 86 valence electrons. The average molecular weight is 241 g/mol. The van der Waals surface area contributed by atoms with Gasteiger partial charge in [-0.2, -0.15) is 0 Å². The summed E-state index contributed by atoms with van der Waals surface area (Å²) in [4.78, 5) is 10.4. The SMILES string of the molecule is O=[N+]([O-])c1ccc(Cl)cc1CNCC1CC1. The number of nitro benzene ring substituents is 1. The first-order valence-corrected chi connectivity index (χ1v) is 5.68. The van der Waals surface area contributed by atoms with Gasteiger partial charge in [0, 0.05) is 23.2 Å². The molecule has 0 saturated heterocycles. The minimum Gasteiger partial charge on any atom is -0.312 e. The average Bonchev–Trinajstić information content (AvgIpc) is 3.01. The first-order chi connectivity index (χ1) is 7.66. The molecular weight excluding hydrogens is 228 g/mol. The number of nitrogens with zero attached hydrogens (tertiary/aromatic N) is 1. The van der Waals surface area contributed by atoms with Crippen LogP contribution in [0.2, 0.25) is 5.02 Å². The molecule has 0 aliphatic heterocycles. The van der Waals surface area contributed by atoms with Crippen molar-refractivity contribution in [1.82, 2.24) is 5.32 Å². The molecule has 1 aromatic carbocycles. The second-order valence-electron chi connectivity index (χ2n) is 4.10. The second-order valence-corrected chi connectivity index (χ2v) is 4.54. The van der Waals surface area contributed by atoms with Crippen molar-refractivity contribution in [2.45, 2.75) is 19.4 Å². The van der Waals surface area contributed by atoms with Crippen LogP contribution in [-0.2, 0) is 6.54 Å². The largest absolute Gasteiger partial charge is 0.312 e. The van der Waals surface area contributed by atoms with Gasteiger partial charge in [0.15, 0.2) is 0 Å². The molecule has 0 aromatic heterocycles. The van der Waals surface area contributed by atoms with E-state index in [1.807, 2.05) is 0 Å². The Balaban J connectivity index is 2.03. The fraction of sp³-hybridized carbons (Fsp3) is 0.455. The molecule has 0 heterocycles. The van der Waals surface area contributed by atoms with Gasteiger partial charge in [-0.15, -0.1) is 0 Å². The number of benzene rings is 1. The maximum Gasteiger partial charge on any atom is 0.273 e. The van der Waals surface area contributed by atoms with Crippen molar-refractivity contribution >= 4 is 17.3 Å². The van der Waals surface area contributed by atoms with Gasteiger partial charge in [-0.25, -0.2) is 0 Å². The second kappa shape index (κ2) is 4.80. The molecule has 1 N–H and O–H groups in total. The molecule has 0 unspecified atom stereocenters. The highest BCUT2D eigenvalue weighted by Gasteiger charge is 2.21. The van der Waals surface area contributed by atoms with Gasteiger partial charge in [-0.05, 0) is 37.4 Å². The van der Waals surface area contributed by atoms with Crippen LogP contribution in [0.4, 0.5) is 5.69 Å². The van der Waals surface area contributed by atoms with Gasteiger partial charge in [0.25, 0.3) is 5.69 Å². The van der Waals surface area contributed by atoms with E-state index in [9.17, 15) is 10.1 Å². The fourth-order valence-electron chi connectivity index (χ4n) is 1.61. The lowest BCUT2D eigenvalue weighted by Crippen LogP contribution is -2.16.